The van der Waals surface area contributed by atoms with Crippen molar-refractivity contribution in [2.45, 2.75) is 44.2 Å². The van der Waals surface area contributed by atoms with Gasteiger partial charge in [-0.05, 0) is 49.9 Å². The van der Waals surface area contributed by atoms with Crippen molar-refractivity contribution in [3.8, 4) is 5.75 Å². The average molecular weight is 261 g/mol. The van der Waals surface area contributed by atoms with Crippen molar-refractivity contribution in [2.24, 2.45) is 0 Å². The molecule has 0 radical (unpaired) electrons. The Morgan fingerprint density at radius 2 is 2.16 bits per heavy atom. The van der Waals surface area contributed by atoms with E-state index in [9.17, 15) is 0 Å². The number of ether oxygens (including phenoxy) is 2. The second-order valence-electron chi connectivity index (χ2n) is 5.53. The molecule has 1 aromatic carbocycles. The molecule has 2 fully saturated rings. The van der Waals surface area contributed by atoms with Crippen molar-refractivity contribution < 1.29 is 9.47 Å². The molecule has 2 aliphatic rings. The second-order valence-corrected chi connectivity index (χ2v) is 5.53. The average Bonchev–Trinajstić information content (AvgIpc) is 2.49. The van der Waals surface area contributed by atoms with Crippen LogP contribution in [0.4, 0.5) is 0 Å². The molecule has 1 aromatic rings. The highest BCUT2D eigenvalue weighted by Gasteiger charge is 2.17. The van der Waals surface area contributed by atoms with Gasteiger partial charge < -0.3 is 14.8 Å². The molecule has 2 unspecified atom stereocenters. The Labute approximate surface area is 115 Å². The molecular weight excluding hydrogens is 238 g/mol. The fraction of sp³-hybridized carbons (Fsp3) is 0.625. The lowest BCUT2D eigenvalue weighted by Crippen LogP contribution is -2.28. The first-order valence-corrected chi connectivity index (χ1v) is 7.49. The van der Waals surface area contributed by atoms with Crippen LogP contribution in [-0.2, 0) is 4.74 Å². The molecule has 104 valence electrons. The van der Waals surface area contributed by atoms with E-state index >= 15 is 0 Å². The molecule has 2 atom stereocenters. The Morgan fingerprint density at radius 1 is 1.16 bits per heavy atom. The first-order chi connectivity index (χ1) is 9.42. The highest BCUT2D eigenvalue weighted by Crippen LogP contribution is 2.26. The summed E-state index contributed by atoms with van der Waals surface area (Å²) in [6.07, 6.45) is 6.28. The van der Waals surface area contributed by atoms with Crippen LogP contribution in [0.3, 0.4) is 0 Å². The molecular formula is C16H23NO2. The maximum absolute atomic E-state index is 6.03. The van der Waals surface area contributed by atoms with Gasteiger partial charge in [-0.2, -0.15) is 0 Å². The summed E-state index contributed by atoms with van der Waals surface area (Å²) in [7, 11) is 0. The third-order valence-corrected chi connectivity index (χ3v) is 3.99. The Bertz CT molecular complexity index is 395. The van der Waals surface area contributed by atoms with Crippen LogP contribution >= 0.6 is 0 Å². The molecule has 3 heteroatoms. The lowest BCUT2D eigenvalue weighted by atomic mass is 9.97. The first-order valence-electron chi connectivity index (χ1n) is 7.49. The predicted molar refractivity (Wildman–Crippen MR) is 75.5 cm³/mol. The van der Waals surface area contributed by atoms with E-state index < -0.39 is 0 Å². The van der Waals surface area contributed by atoms with Crippen molar-refractivity contribution in [3.63, 3.8) is 0 Å². The molecule has 2 saturated heterocycles. The van der Waals surface area contributed by atoms with Gasteiger partial charge in [-0.1, -0.05) is 18.6 Å². The van der Waals surface area contributed by atoms with E-state index in [1.54, 1.807) is 0 Å². The zero-order valence-electron chi connectivity index (χ0n) is 11.4. The van der Waals surface area contributed by atoms with E-state index in [-0.39, 0.29) is 6.10 Å². The largest absolute Gasteiger partial charge is 0.488 e. The molecule has 3 rings (SSSR count). The molecule has 1 N–H and O–H groups in total. The zero-order chi connectivity index (χ0) is 12.9. The molecule has 3 nitrogen and oxygen atoms in total. The maximum atomic E-state index is 6.03. The van der Waals surface area contributed by atoms with Crippen molar-refractivity contribution in [1.29, 1.82) is 0 Å². The highest BCUT2D eigenvalue weighted by atomic mass is 16.5. The summed E-state index contributed by atoms with van der Waals surface area (Å²) < 4.78 is 11.5. The van der Waals surface area contributed by atoms with E-state index in [1.807, 2.05) is 0 Å². The molecule has 0 bridgehead atoms. The lowest BCUT2D eigenvalue weighted by molar-refractivity contribution is 0.00738. The zero-order valence-corrected chi connectivity index (χ0v) is 11.4. The van der Waals surface area contributed by atoms with Crippen molar-refractivity contribution >= 4 is 0 Å². The fourth-order valence-corrected chi connectivity index (χ4v) is 2.94. The van der Waals surface area contributed by atoms with Gasteiger partial charge in [0.2, 0.25) is 0 Å². The SMILES string of the molecule is c1cc(OC2CCCOC2)cc(C2CCCCN2)c1. The van der Waals surface area contributed by atoms with E-state index in [0.717, 1.165) is 38.3 Å². The van der Waals surface area contributed by atoms with Crippen LogP contribution in [0.15, 0.2) is 24.3 Å². The molecule has 0 saturated carbocycles. The molecule has 0 amide bonds. The van der Waals surface area contributed by atoms with E-state index in [1.165, 1.54) is 24.8 Å². The quantitative estimate of drug-likeness (QED) is 0.907. The summed E-state index contributed by atoms with van der Waals surface area (Å²) in [5.41, 5.74) is 1.36. The van der Waals surface area contributed by atoms with Gasteiger partial charge >= 0.3 is 0 Å². The van der Waals surface area contributed by atoms with Gasteiger partial charge in [-0.3, -0.25) is 0 Å². The molecule has 0 aliphatic carbocycles. The number of piperidine rings is 1. The van der Waals surface area contributed by atoms with Crippen molar-refractivity contribution in [1.82, 2.24) is 5.32 Å². The van der Waals surface area contributed by atoms with Crippen LogP contribution in [0.1, 0.15) is 43.7 Å². The molecule has 19 heavy (non-hydrogen) atoms. The summed E-state index contributed by atoms with van der Waals surface area (Å²) in [6.45, 7) is 2.74. The van der Waals surface area contributed by atoms with Gasteiger partial charge in [0.15, 0.2) is 0 Å². The fourth-order valence-electron chi connectivity index (χ4n) is 2.94. The predicted octanol–water partition coefficient (Wildman–Crippen LogP) is 3.06. The number of hydrogen-bond donors (Lipinski definition) is 1. The minimum absolute atomic E-state index is 0.225. The maximum Gasteiger partial charge on any atom is 0.122 e. The van der Waals surface area contributed by atoms with E-state index in [4.69, 9.17) is 9.47 Å². The van der Waals surface area contributed by atoms with Crippen LogP contribution in [0, 0.1) is 0 Å². The molecule has 2 heterocycles. The van der Waals surface area contributed by atoms with Crippen LogP contribution in [0.2, 0.25) is 0 Å². The van der Waals surface area contributed by atoms with Gasteiger partial charge in [-0.25, -0.2) is 0 Å². The monoisotopic (exact) mass is 261 g/mol. The molecule has 0 spiro atoms. The second kappa shape index (κ2) is 6.40. The smallest absolute Gasteiger partial charge is 0.122 e. The van der Waals surface area contributed by atoms with Crippen molar-refractivity contribution in [2.75, 3.05) is 19.8 Å². The number of benzene rings is 1. The standard InChI is InChI=1S/C16H23NO2/c1-2-9-17-16(8-1)13-5-3-6-14(11-13)19-15-7-4-10-18-12-15/h3,5-6,11,15-17H,1-2,4,7-10,12H2. The van der Waals surface area contributed by atoms with Crippen molar-refractivity contribution in [3.05, 3.63) is 29.8 Å². The van der Waals surface area contributed by atoms with Gasteiger partial charge in [0.1, 0.15) is 11.9 Å². The third kappa shape index (κ3) is 3.48. The van der Waals surface area contributed by atoms with Crippen LogP contribution < -0.4 is 10.1 Å². The van der Waals surface area contributed by atoms with E-state index in [0.29, 0.717) is 6.04 Å². The number of rotatable bonds is 3. The Kier molecular flexibility index (Phi) is 4.36. The summed E-state index contributed by atoms with van der Waals surface area (Å²) in [5, 5.41) is 3.59. The lowest BCUT2D eigenvalue weighted by Gasteiger charge is -2.26. The minimum Gasteiger partial charge on any atom is -0.488 e. The summed E-state index contributed by atoms with van der Waals surface area (Å²) in [6, 6.07) is 9.05. The Morgan fingerprint density at radius 3 is 2.95 bits per heavy atom. The van der Waals surface area contributed by atoms with Crippen LogP contribution in [0.25, 0.3) is 0 Å². The summed E-state index contributed by atoms with van der Waals surface area (Å²) in [4.78, 5) is 0. The normalized spacial score (nSPS) is 28.0. The summed E-state index contributed by atoms with van der Waals surface area (Å²) in [5.74, 6) is 0.986. The van der Waals surface area contributed by atoms with Gasteiger partial charge in [0, 0.05) is 12.6 Å². The Balaban J connectivity index is 1.64. The molecule has 2 aliphatic heterocycles. The van der Waals surface area contributed by atoms with Gasteiger partial charge in [0.25, 0.3) is 0 Å². The number of hydrogen-bond acceptors (Lipinski definition) is 3. The van der Waals surface area contributed by atoms with E-state index in [2.05, 4.69) is 29.6 Å². The highest BCUT2D eigenvalue weighted by molar-refractivity contribution is 5.31. The third-order valence-electron chi connectivity index (χ3n) is 3.99. The minimum atomic E-state index is 0.225. The summed E-state index contributed by atoms with van der Waals surface area (Å²) >= 11 is 0. The van der Waals surface area contributed by atoms with Crippen LogP contribution in [-0.4, -0.2) is 25.9 Å². The first kappa shape index (κ1) is 12.9. The Hall–Kier alpha value is -1.06. The van der Waals surface area contributed by atoms with Gasteiger partial charge in [0.05, 0.1) is 6.61 Å². The topological polar surface area (TPSA) is 30.5 Å². The van der Waals surface area contributed by atoms with Gasteiger partial charge in [-0.15, -0.1) is 0 Å². The molecule has 0 aromatic heterocycles. The van der Waals surface area contributed by atoms with Crippen LogP contribution in [0.5, 0.6) is 5.75 Å². The number of nitrogens with one attached hydrogen (secondary N) is 1.